The molecule has 4 N–H and O–H groups in total. The number of aliphatic hydroxyl groups excluding tert-OH is 1. The fourth-order valence-corrected chi connectivity index (χ4v) is 14.6. The maximum Gasteiger partial charge on any atom is 0.417 e. The Hall–Kier alpha value is -7.10. The van der Waals surface area contributed by atoms with Crippen LogP contribution < -0.4 is 16.0 Å². The Morgan fingerprint density at radius 3 is 1.86 bits per heavy atom. The molecule has 1 aromatic carbocycles. The number of alkyl halides is 3. The lowest BCUT2D eigenvalue weighted by atomic mass is 9.81. The summed E-state index contributed by atoms with van der Waals surface area (Å²) >= 11 is 6.11. The summed E-state index contributed by atoms with van der Waals surface area (Å²) in [5.74, 6) is -9.70. The number of rotatable bonds is 10. The topological polar surface area (TPSA) is 290 Å². The number of aryl methyl sites for hydroxylation is 1. The van der Waals surface area contributed by atoms with Gasteiger partial charge < -0.3 is 65.2 Å². The Kier molecular flexibility index (Phi) is 28.1. The van der Waals surface area contributed by atoms with Crippen LogP contribution in [0.4, 0.5) is 13.2 Å². The minimum atomic E-state index is -4.77. The number of fused-ring (bicyclic) bond motifs is 1. The Morgan fingerprint density at radius 1 is 0.660 bits per heavy atom. The van der Waals surface area contributed by atoms with Gasteiger partial charge in [0.1, 0.15) is 47.8 Å². The average molecular weight is 1390 g/mol. The monoisotopic (exact) mass is 1390 g/mol. The number of halogens is 4. The van der Waals surface area contributed by atoms with Gasteiger partial charge in [-0.1, -0.05) is 83.9 Å². The first-order valence-electron chi connectivity index (χ1n) is 34.4. The predicted octanol–water partition coefficient (Wildman–Crippen LogP) is 3.83. The number of benzene rings is 1. The first-order valence-corrected chi connectivity index (χ1v) is 34.8. The minimum absolute atomic E-state index is 0.00512. The second-order valence-corrected chi connectivity index (χ2v) is 28.5. The van der Waals surface area contributed by atoms with Crippen LogP contribution in [0.2, 0.25) is 5.02 Å². The number of nitrogens with one attached hydrogen (secondary N) is 3. The number of carbonyl (C=O) groups is 12. The molecule has 5 fully saturated rings. The molecule has 9 atom stereocenters. The van der Waals surface area contributed by atoms with Gasteiger partial charge in [0.25, 0.3) is 0 Å². The van der Waals surface area contributed by atoms with Crippen molar-refractivity contribution in [3.8, 4) is 0 Å². The third-order valence-corrected chi connectivity index (χ3v) is 20.8. The van der Waals surface area contributed by atoms with Gasteiger partial charge in [-0.05, 0) is 119 Å². The van der Waals surface area contributed by atoms with Crippen LogP contribution in [0.15, 0.2) is 18.2 Å². The zero-order chi connectivity index (χ0) is 72.1. The number of hydrogen-bond donors (Lipinski definition) is 4. The molecule has 6 rings (SSSR count). The molecule has 3 aliphatic heterocycles. The third kappa shape index (κ3) is 19.6. The van der Waals surface area contributed by atoms with Crippen molar-refractivity contribution >= 4 is 82.5 Å². The number of piperidine rings is 1. The molecule has 0 unspecified atom stereocenters. The molecule has 1 aromatic rings. The summed E-state index contributed by atoms with van der Waals surface area (Å²) in [7, 11) is 9.43. The highest BCUT2D eigenvalue weighted by Gasteiger charge is 2.51. The fraction of sp³-hybridized carbons (Fsp3) is 0.735. The Morgan fingerprint density at radius 2 is 1.27 bits per heavy atom. The van der Waals surface area contributed by atoms with E-state index in [0.29, 0.717) is 64.5 Å². The fourth-order valence-electron chi connectivity index (χ4n) is 14.3. The van der Waals surface area contributed by atoms with Crippen LogP contribution in [0.5, 0.6) is 0 Å². The van der Waals surface area contributed by atoms with Crippen molar-refractivity contribution in [3.63, 3.8) is 0 Å². The summed E-state index contributed by atoms with van der Waals surface area (Å²) in [4.78, 5) is 188. The normalized spacial score (nSPS) is 26.6. The molecule has 12 amide bonds. The van der Waals surface area contributed by atoms with Gasteiger partial charge in [-0.25, -0.2) is 0 Å². The minimum Gasteiger partial charge on any atom is -0.391 e. The molecular weight excluding hydrogens is 1290 g/mol. The van der Waals surface area contributed by atoms with Crippen molar-refractivity contribution in [2.24, 2.45) is 17.8 Å². The van der Waals surface area contributed by atoms with E-state index >= 15 is 28.8 Å². The molecule has 0 radical (unpaired) electrons. The maximum absolute atomic E-state index is 15.8. The summed E-state index contributed by atoms with van der Waals surface area (Å²) in [6, 6.07) is -6.30. The van der Waals surface area contributed by atoms with Crippen LogP contribution in [0.25, 0.3) is 0 Å². The van der Waals surface area contributed by atoms with Crippen LogP contribution in [-0.2, 0) is 70.1 Å². The highest BCUT2D eigenvalue weighted by atomic mass is 35.5. The first kappa shape index (κ1) is 78.9. The summed E-state index contributed by atoms with van der Waals surface area (Å²) in [6.45, 7) is 7.21. The highest BCUT2D eigenvalue weighted by molar-refractivity contribution is 6.31. The second kappa shape index (κ2) is 34.6. The van der Waals surface area contributed by atoms with Crippen molar-refractivity contribution in [1.82, 2.24) is 60.0 Å². The molecule has 1 spiro atoms. The molecule has 542 valence electrons. The van der Waals surface area contributed by atoms with E-state index in [9.17, 15) is 47.0 Å². The molecule has 97 heavy (non-hydrogen) atoms. The van der Waals surface area contributed by atoms with E-state index in [-0.39, 0.29) is 56.6 Å². The van der Waals surface area contributed by atoms with Crippen molar-refractivity contribution < 1.29 is 75.8 Å². The summed E-state index contributed by atoms with van der Waals surface area (Å²) in [6.07, 6.45) is 0.616. The molecule has 0 aromatic heterocycles. The van der Waals surface area contributed by atoms with Crippen molar-refractivity contribution in [2.75, 3.05) is 88.6 Å². The van der Waals surface area contributed by atoms with E-state index in [0.717, 1.165) is 57.4 Å². The zero-order valence-corrected chi connectivity index (χ0v) is 59.4. The molecule has 2 saturated carbocycles. The Labute approximate surface area is 573 Å². The molecule has 29 heteroatoms. The van der Waals surface area contributed by atoms with Crippen LogP contribution in [-0.4, -0.2) is 263 Å². The highest BCUT2D eigenvalue weighted by Crippen LogP contribution is 2.38. The lowest BCUT2D eigenvalue weighted by molar-refractivity contribution is -0.157. The van der Waals surface area contributed by atoms with Gasteiger partial charge in [0.15, 0.2) is 0 Å². The van der Waals surface area contributed by atoms with Gasteiger partial charge in [-0.2, -0.15) is 13.2 Å². The Bertz CT molecular complexity index is 3030. The number of aliphatic hydroxyl groups is 1. The number of carbonyl (C=O) groups excluding carboxylic acids is 12. The van der Waals surface area contributed by atoms with E-state index in [1.165, 1.54) is 81.9 Å². The van der Waals surface area contributed by atoms with Gasteiger partial charge in [-0.15, -0.1) is 0 Å². The number of likely N-dealkylation sites (N-methyl/N-ethyl adjacent to an activating group) is 7. The van der Waals surface area contributed by atoms with Crippen LogP contribution >= 0.6 is 11.6 Å². The van der Waals surface area contributed by atoms with Gasteiger partial charge in [0.2, 0.25) is 70.9 Å². The molecule has 3 saturated heterocycles. The van der Waals surface area contributed by atoms with E-state index in [1.54, 1.807) is 11.8 Å². The molecule has 2 aliphatic carbocycles. The van der Waals surface area contributed by atoms with E-state index in [4.69, 9.17) is 11.6 Å². The van der Waals surface area contributed by atoms with Gasteiger partial charge >= 0.3 is 6.18 Å². The summed E-state index contributed by atoms with van der Waals surface area (Å²) in [5.41, 5.74) is -2.42. The van der Waals surface area contributed by atoms with Gasteiger partial charge in [0, 0.05) is 69.0 Å². The largest absolute Gasteiger partial charge is 0.417 e. The number of amides is 12. The maximum atomic E-state index is 15.8. The SMILES string of the molecule is CC[C@H](C)[C@@H]1NC(=O)[C@H](CC(C)C)N(C)C(=O)C[C@@H](C(=O)N2CCCCC2)N(C)C(=O)[C@H](C2CCCCC2)N(C)C(=O)C2(CCCC2)NC(=O)[C@@H]2CCCN2C(=O)[C@H](CCc2ccc(C(F)(F)F)c(Cl)c2)NC(=O)CN(C)C(=O)[C@H]([C@@H](C)O)N(C)C(=O)CN(C)C(=O)CN(C)C1=O. The van der Waals surface area contributed by atoms with Crippen LogP contribution in [0, 0.1) is 17.8 Å². The molecular formula is C68H104ClF3N12O13. The van der Waals surface area contributed by atoms with Crippen molar-refractivity contribution in [1.29, 1.82) is 0 Å². The molecule has 0 bridgehead atoms. The molecule has 5 aliphatic rings. The lowest BCUT2D eigenvalue weighted by Crippen LogP contribution is -2.65. The second-order valence-electron chi connectivity index (χ2n) is 28.1. The van der Waals surface area contributed by atoms with Crippen molar-refractivity contribution in [3.05, 3.63) is 34.3 Å². The standard InChI is InChI=1S/C68H104ClF3N12O13/c1-13-42(4)56-63(94)78(8)39-54(88)76(6)40-55(89)81(11)57(43(5)85)64(95)77(7)38-52(86)73-48(29-27-44-26-28-46(47(69)36-44)68(70,71)72)61(92)84-34-22-25-49(84)60(91)75-67(30-18-19-31-67)66(97)82(12)58(45-23-16-14-17-24-45)65(96)80(10)51(62(93)83-32-20-15-21-33-83)37-53(87)79(9)50(35-41(2)3)59(90)74-56/h26,28,36,41-43,45,48-51,56-58,85H,13-25,27,29-35,37-40H2,1-12H3,(H,73,86)(H,74,90)(H,75,91)/t42-,43+,48-,49-,50-,51-,56-,57-,58-/m0/s1. The quantitative estimate of drug-likeness (QED) is 0.259. The predicted molar refractivity (Wildman–Crippen MR) is 354 cm³/mol. The van der Waals surface area contributed by atoms with Crippen molar-refractivity contribution in [2.45, 2.75) is 217 Å². The van der Waals surface area contributed by atoms with Crippen LogP contribution in [0.1, 0.15) is 161 Å². The van der Waals surface area contributed by atoms with E-state index in [2.05, 4.69) is 16.0 Å². The zero-order valence-electron chi connectivity index (χ0n) is 58.6. The number of hydrogen-bond acceptors (Lipinski definition) is 13. The third-order valence-electron chi connectivity index (χ3n) is 20.4. The smallest absolute Gasteiger partial charge is 0.391 e. The van der Waals surface area contributed by atoms with E-state index < -0.39 is 179 Å². The van der Waals surface area contributed by atoms with Crippen LogP contribution in [0.3, 0.4) is 0 Å². The number of likely N-dealkylation sites (tertiary alicyclic amines) is 1. The van der Waals surface area contributed by atoms with Gasteiger partial charge in [0.05, 0.1) is 42.7 Å². The average Bonchev–Trinajstić information content (AvgIpc) is 1.76. The van der Waals surface area contributed by atoms with Gasteiger partial charge in [-0.3, -0.25) is 57.5 Å². The molecule has 3 heterocycles. The Balaban J connectivity index is 1.43. The number of nitrogens with zero attached hydrogens (tertiary/aromatic N) is 9. The first-order chi connectivity index (χ1) is 45.5. The molecule has 25 nitrogen and oxygen atoms in total. The van der Waals surface area contributed by atoms with E-state index in [1.807, 2.05) is 20.8 Å². The lowest BCUT2D eigenvalue weighted by Gasteiger charge is -2.43. The summed E-state index contributed by atoms with van der Waals surface area (Å²) < 4.78 is 41.4. The summed E-state index contributed by atoms with van der Waals surface area (Å²) in [5, 5.41) is 19.0.